The highest BCUT2D eigenvalue weighted by Crippen LogP contribution is 2.27. The van der Waals surface area contributed by atoms with Crippen molar-refractivity contribution in [1.82, 2.24) is 4.90 Å². The molecule has 1 saturated heterocycles. The first-order valence-electron chi connectivity index (χ1n) is 11.1. The van der Waals surface area contributed by atoms with Gasteiger partial charge >= 0.3 is 5.82 Å². The second-order valence-corrected chi connectivity index (χ2v) is 8.06. The van der Waals surface area contributed by atoms with E-state index >= 15 is 0 Å². The van der Waals surface area contributed by atoms with E-state index < -0.39 is 5.82 Å². The van der Waals surface area contributed by atoms with E-state index in [4.69, 9.17) is 8.83 Å². The summed E-state index contributed by atoms with van der Waals surface area (Å²) >= 11 is 0. The molecule has 0 aliphatic carbocycles. The minimum Gasteiger partial charge on any atom is -0.395 e. The van der Waals surface area contributed by atoms with Crippen molar-refractivity contribution in [3.8, 4) is 22.5 Å². The van der Waals surface area contributed by atoms with Gasteiger partial charge in [0.15, 0.2) is 11.5 Å². The van der Waals surface area contributed by atoms with Gasteiger partial charge in [0.2, 0.25) is 0 Å². The lowest BCUT2D eigenvalue weighted by atomic mass is 10.0. The molecule has 0 saturated carbocycles. The monoisotopic (exact) mass is 462 g/mol. The van der Waals surface area contributed by atoms with Gasteiger partial charge in [0, 0.05) is 50.4 Å². The van der Waals surface area contributed by atoms with Gasteiger partial charge in [-0.15, -0.1) is 12.4 Å². The minimum absolute atomic E-state index is 0. The van der Waals surface area contributed by atoms with Crippen LogP contribution >= 0.6 is 12.4 Å². The highest BCUT2D eigenvalue weighted by molar-refractivity contribution is 5.85. The first-order chi connectivity index (χ1) is 15.8. The van der Waals surface area contributed by atoms with Crippen molar-refractivity contribution in [2.75, 3.05) is 37.6 Å². The second kappa shape index (κ2) is 10.6. The summed E-state index contributed by atoms with van der Waals surface area (Å²) in [7, 11) is 0. The van der Waals surface area contributed by atoms with E-state index in [9.17, 15) is 4.79 Å². The molecule has 4 aromatic rings. The zero-order valence-corrected chi connectivity index (χ0v) is 19.2. The quantitative estimate of drug-likeness (QED) is 0.386. The predicted molar refractivity (Wildman–Crippen MR) is 134 cm³/mol. The molecule has 6 heteroatoms. The van der Waals surface area contributed by atoms with Crippen LogP contribution in [0.5, 0.6) is 0 Å². The number of benzene rings is 3. The molecule has 0 N–H and O–H groups in total. The normalized spacial score (nSPS) is 14.1. The van der Waals surface area contributed by atoms with Crippen LogP contribution in [0, 0.1) is 0 Å². The number of para-hydroxylation sites is 1. The number of anilines is 1. The maximum Gasteiger partial charge on any atom is 0.519 e. The molecule has 3 aromatic carbocycles. The third-order valence-corrected chi connectivity index (χ3v) is 6.05. The summed E-state index contributed by atoms with van der Waals surface area (Å²) in [4.78, 5) is 16.7. The Hall–Kier alpha value is -3.28. The largest absolute Gasteiger partial charge is 0.519 e. The molecule has 0 amide bonds. The van der Waals surface area contributed by atoms with Crippen LogP contribution in [0.25, 0.3) is 22.5 Å². The van der Waals surface area contributed by atoms with Crippen molar-refractivity contribution < 1.29 is 8.83 Å². The van der Waals surface area contributed by atoms with E-state index in [0.717, 1.165) is 49.4 Å². The summed E-state index contributed by atoms with van der Waals surface area (Å²) in [6.45, 7) is 4.79. The molecule has 0 unspecified atom stereocenters. The van der Waals surface area contributed by atoms with Gasteiger partial charge in [-0.25, -0.2) is 4.79 Å². The van der Waals surface area contributed by atoms with E-state index in [0.29, 0.717) is 17.9 Å². The van der Waals surface area contributed by atoms with Crippen LogP contribution in [0.4, 0.5) is 5.69 Å². The first-order valence-corrected chi connectivity index (χ1v) is 11.1. The van der Waals surface area contributed by atoms with E-state index in [1.54, 1.807) is 0 Å². The molecule has 0 atom stereocenters. The van der Waals surface area contributed by atoms with Gasteiger partial charge in [-0.05, 0) is 23.3 Å². The molecule has 0 radical (unpaired) electrons. The fraction of sp³-hybridized carbons (Fsp3) is 0.222. The van der Waals surface area contributed by atoms with Crippen molar-refractivity contribution in [2.45, 2.75) is 6.42 Å². The van der Waals surface area contributed by atoms with Crippen molar-refractivity contribution >= 4 is 18.1 Å². The minimum atomic E-state index is -0.643. The van der Waals surface area contributed by atoms with Crippen LogP contribution < -0.4 is 10.7 Å². The van der Waals surface area contributed by atoms with Crippen molar-refractivity contribution in [3.05, 3.63) is 101 Å². The number of hydrogen-bond donors (Lipinski definition) is 0. The summed E-state index contributed by atoms with van der Waals surface area (Å²) in [6, 6.07) is 28.8. The molecule has 0 spiro atoms. The summed E-state index contributed by atoms with van der Waals surface area (Å²) < 4.78 is 10.8. The maximum absolute atomic E-state index is 11.9. The highest BCUT2D eigenvalue weighted by atomic mass is 35.5. The Bertz CT molecular complexity index is 1200. The van der Waals surface area contributed by atoms with Crippen LogP contribution in [-0.2, 0) is 6.42 Å². The lowest BCUT2D eigenvalue weighted by Crippen LogP contribution is -2.47. The SMILES string of the molecule is Cl.O=c1oc(CCN2CCN(c3ccccc3)CC2)c(-c2ccc(-c3ccccc3)cc2)o1. The zero-order valence-electron chi connectivity index (χ0n) is 18.4. The molecule has 5 rings (SSSR count). The third-order valence-electron chi connectivity index (χ3n) is 6.05. The Balaban J connectivity index is 0.00000259. The number of nitrogens with zero attached hydrogens (tertiary/aromatic N) is 2. The van der Waals surface area contributed by atoms with Gasteiger partial charge in [-0.1, -0.05) is 72.8 Å². The molecule has 1 aliphatic heterocycles. The van der Waals surface area contributed by atoms with E-state index in [1.165, 1.54) is 5.69 Å². The van der Waals surface area contributed by atoms with Crippen LogP contribution in [0.3, 0.4) is 0 Å². The lowest BCUT2D eigenvalue weighted by molar-refractivity contribution is 0.254. The van der Waals surface area contributed by atoms with E-state index in [2.05, 4.69) is 46.2 Å². The number of hydrogen-bond acceptors (Lipinski definition) is 5. The standard InChI is InChI=1S/C27H26N2O3.ClH/c30-27-31-25(15-16-28-17-19-29(20-18-28)24-9-5-2-6-10-24)26(32-27)23-13-11-22(12-14-23)21-7-3-1-4-8-21;/h1-14H,15-20H2;1H. The topological polar surface area (TPSA) is 49.8 Å². The average Bonchev–Trinajstić information content (AvgIpc) is 3.24. The molecule has 5 nitrogen and oxygen atoms in total. The molecule has 0 bridgehead atoms. The van der Waals surface area contributed by atoms with E-state index in [-0.39, 0.29) is 12.4 Å². The lowest BCUT2D eigenvalue weighted by Gasteiger charge is -2.36. The van der Waals surface area contributed by atoms with E-state index in [1.807, 2.05) is 48.5 Å². The Kier molecular flexibility index (Phi) is 7.33. The van der Waals surface area contributed by atoms with Gasteiger partial charge in [-0.3, -0.25) is 4.90 Å². The Morgan fingerprint density at radius 1 is 0.667 bits per heavy atom. The number of halogens is 1. The van der Waals surface area contributed by atoms with Gasteiger partial charge in [0.05, 0.1) is 0 Å². The van der Waals surface area contributed by atoms with Gasteiger partial charge in [-0.2, -0.15) is 0 Å². The van der Waals surface area contributed by atoms with Crippen molar-refractivity contribution in [1.29, 1.82) is 0 Å². The maximum atomic E-state index is 11.9. The second-order valence-electron chi connectivity index (χ2n) is 8.06. The van der Waals surface area contributed by atoms with Crippen LogP contribution in [0.1, 0.15) is 5.76 Å². The summed E-state index contributed by atoms with van der Waals surface area (Å²) in [6.07, 6.45) is 0.646. The summed E-state index contributed by atoms with van der Waals surface area (Å²) in [5.74, 6) is 0.515. The zero-order chi connectivity index (χ0) is 21.8. The third kappa shape index (κ3) is 5.38. The van der Waals surface area contributed by atoms with Gasteiger partial charge in [0.25, 0.3) is 0 Å². The Labute approximate surface area is 199 Å². The molecule has 2 heterocycles. The number of rotatable bonds is 6. The summed E-state index contributed by atoms with van der Waals surface area (Å²) in [5, 5.41) is 0. The molecule has 33 heavy (non-hydrogen) atoms. The molecule has 1 aromatic heterocycles. The molecule has 1 fully saturated rings. The average molecular weight is 463 g/mol. The fourth-order valence-corrected chi connectivity index (χ4v) is 4.27. The Morgan fingerprint density at radius 3 is 1.91 bits per heavy atom. The van der Waals surface area contributed by atoms with Crippen LogP contribution in [0.2, 0.25) is 0 Å². The van der Waals surface area contributed by atoms with Gasteiger partial charge < -0.3 is 13.7 Å². The van der Waals surface area contributed by atoms with Gasteiger partial charge in [0.1, 0.15) is 0 Å². The number of piperazine rings is 1. The first kappa shape index (κ1) is 22.9. The smallest absolute Gasteiger partial charge is 0.395 e. The molecule has 1 aliphatic rings. The predicted octanol–water partition coefficient (Wildman–Crippen LogP) is 5.35. The Morgan fingerprint density at radius 2 is 1.24 bits per heavy atom. The molecular weight excluding hydrogens is 436 g/mol. The molecular formula is C27H27ClN2O3. The van der Waals surface area contributed by atoms with Crippen molar-refractivity contribution in [2.24, 2.45) is 0 Å². The van der Waals surface area contributed by atoms with Crippen LogP contribution in [0.15, 0.2) is 98.6 Å². The fourth-order valence-electron chi connectivity index (χ4n) is 4.27. The molecule has 170 valence electrons. The van der Waals surface area contributed by atoms with Crippen molar-refractivity contribution in [3.63, 3.8) is 0 Å². The summed E-state index contributed by atoms with van der Waals surface area (Å²) in [5.41, 5.74) is 4.41. The van der Waals surface area contributed by atoms with Crippen LogP contribution in [-0.4, -0.2) is 37.6 Å². The highest BCUT2D eigenvalue weighted by Gasteiger charge is 2.20.